The summed E-state index contributed by atoms with van der Waals surface area (Å²) < 4.78 is 13.3. The Balaban J connectivity index is 2.39. The number of benzene rings is 1. The van der Waals surface area contributed by atoms with Gasteiger partial charge in [0.05, 0.1) is 0 Å². The molecule has 0 atom stereocenters. The fourth-order valence-corrected chi connectivity index (χ4v) is 1.28. The number of aryl methyl sites for hydroxylation is 1. The molecule has 0 aliphatic carbocycles. The van der Waals surface area contributed by atoms with Crippen LogP contribution in [0.15, 0.2) is 36.7 Å². The number of carbonyl (C=O) groups is 1. The fourth-order valence-electron chi connectivity index (χ4n) is 1.28. The molecule has 0 N–H and O–H groups in total. The van der Waals surface area contributed by atoms with Gasteiger partial charge >= 0.3 is 0 Å². The van der Waals surface area contributed by atoms with E-state index in [0.29, 0.717) is 5.56 Å². The zero-order chi connectivity index (χ0) is 11.5. The summed E-state index contributed by atoms with van der Waals surface area (Å²) >= 11 is 0. The Bertz CT molecular complexity index is 526. The molecule has 2 rings (SSSR count). The van der Waals surface area contributed by atoms with E-state index < -0.39 is 5.82 Å². The Labute approximate surface area is 92.0 Å². The molecule has 1 aromatic heterocycles. The summed E-state index contributed by atoms with van der Waals surface area (Å²) in [7, 11) is 0. The molecule has 80 valence electrons. The molecule has 0 bridgehead atoms. The third-order valence-corrected chi connectivity index (χ3v) is 2.20. The number of halogens is 1. The van der Waals surface area contributed by atoms with Crippen molar-refractivity contribution in [3.8, 4) is 0 Å². The van der Waals surface area contributed by atoms with Gasteiger partial charge in [0.15, 0.2) is 0 Å². The van der Waals surface area contributed by atoms with Crippen molar-refractivity contribution in [1.29, 1.82) is 0 Å². The molecule has 1 aromatic carbocycles. The molecule has 0 radical (unpaired) electrons. The predicted octanol–water partition coefficient (Wildman–Crippen LogP) is 2.16. The molecule has 0 amide bonds. The van der Waals surface area contributed by atoms with Crippen LogP contribution in [0.4, 0.5) is 4.39 Å². The molecule has 1 heterocycles. The van der Waals surface area contributed by atoms with Gasteiger partial charge < -0.3 is 0 Å². The first-order valence-corrected chi connectivity index (χ1v) is 4.76. The van der Waals surface area contributed by atoms with Gasteiger partial charge in [-0.1, -0.05) is 12.1 Å². The van der Waals surface area contributed by atoms with Crippen molar-refractivity contribution in [1.82, 2.24) is 9.97 Å². The van der Waals surface area contributed by atoms with Crippen LogP contribution < -0.4 is 0 Å². The standard InChI is InChI=1S/C12H9FN2O/c1-8-3-4-9(7-10(8)13)11(16)12-14-5-2-6-15-12/h2-7H,1H3. The lowest BCUT2D eigenvalue weighted by Crippen LogP contribution is -2.06. The highest BCUT2D eigenvalue weighted by Gasteiger charge is 2.12. The number of carbonyl (C=O) groups excluding carboxylic acids is 1. The number of hydrogen-bond donors (Lipinski definition) is 0. The van der Waals surface area contributed by atoms with Crippen LogP contribution in [0, 0.1) is 12.7 Å². The maximum atomic E-state index is 13.3. The summed E-state index contributed by atoms with van der Waals surface area (Å²) in [4.78, 5) is 19.5. The lowest BCUT2D eigenvalue weighted by atomic mass is 10.1. The van der Waals surface area contributed by atoms with E-state index >= 15 is 0 Å². The molecule has 0 aliphatic rings. The van der Waals surface area contributed by atoms with Crippen LogP contribution in [-0.2, 0) is 0 Å². The van der Waals surface area contributed by atoms with Crippen LogP contribution in [0.5, 0.6) is 0 Å². The van der Waals surface area contributed by atoms with Crippen molar-refractivity contribution in [3.05, 3.63) is 59.4 Å². The third-order valence-electron chi connectivity index (χ3n) is 2.20. The molecule has 0 aliphatic heterocycles. The van der Waals surface area contributed by atoms with Gasteiger partial charge in [-0.05, 0) is 24.6 Å². The van der Waals surface area contributed by atoms with Crippen molar-refractivity contribution in [2.24, 2.45) is 0 Å². The Morgan fingerprint density at radius 3 is 2.56 bits per heavy atom. The van der Waals surface area contributed by atoms with Gasteiger partial charge in [0, 0.05) is 18.0 Å². The number of nitrogens with zero attached hydrogens (tertiary/aromatic N) is 2. The van der Waals surface area contributed by atoms with E-state index in [4.69, 9.17) is 0 Å². The van der Waals surface area contributed by atoms with E-state index in [2.05, 4.69) is 9.97 Å². The first kappa shape index (κ1) is 10.4. The van der Waals surface area contributed by atoms with Crippen LogP contribution in [-0.4, -0.2) is 15.8 Å². The smallest absolute Gasteiger partial charge is 0.230 e. The second-order valence-electron chi connectivity index (χ2n) is 3.37. The van der Waals surface area contributed by atoms with Crippen molar-refractivity contribution in [3.63, 3.8) is 0 Å². The SMILES string of the molecule is Cc1ccc(C(=O)c2ncccn2)cc1F. The molecular weight excluding hydrogens is 207 g/mol. The summed E-state index contributed by atoms with van der Waals surface area (Å²) in [5.74, 6) is -0.702. The molecule has 0 unspecified atom stereocenters. The van der Waals surface area contributed by atoms with Crippen LogP contribution >= 0.6 is 0 Å². The maximum Gasteiger partial charge on any atom is 0.230 e. The quantitative estimate of drug-likeness (QED) is 0.722. The molecule has 4 heteroatoms. The van der Waals surface area contributed by atoms with Crippen LogP contribution in [0.2, 0.25) is 0 Å². The molecule has 2 aromatic rings. The minimum atomic E-state index is -0.401. The largest absolute Gasteiger partial charge is 0.285 e. The first-order valence-electron chi connectivity index (χ1n) is 4.76. The zero-order valence-electron chi connectivity index (χ0n) is 8.64. The molecular formula is C12H9FN2O. The van der Waals surface area contributed by atoms with Gasteiger partial charge in [-0.15, -0.1) is 0 Å². The Kier molecular flexibility index (Phi) is 2.72. The average molecular weight is 216 g/mol. The Morgan fingerprint density at radius 1 is 1.25 bits per heavy atom. The summed E-state index contributed by atoms with van der Waals surface area (Å²) in [5.41, 5.74) is 0.764. The van der Waals surface area contributed by atoms with E-state index in [9.17, 15) is 9.18 Å². The molecule has 3 nitrogen and oxygen atoms in total. The molecule has 0 fully saturated rings. The maximum absolute atomic E-state index is 13.3. The van der Waals surface area contributed by atoms with Gasteiger partial charge in [-0.3, -0.25) is 4.79 Å². The Morgan fingerprint density at radius 2 is 1.94 bits per heavy atom. The number of rotatable bonds is 2. The fraction of sp³-hybridized carbons (Fsp3) is 0.0833. The van der Waals surface area contributed by atoms with E-state index in [1.807, 2.05) is 0 Å². The third kappa shape index (κ3) is 1.95. The van der Waals surface area contributed by atoms with E-state index in [1.165, 1.54) is 18.5 Å². The van der Waals surface area contributed by atoms with Crippen LogP contribution in [0.25, 0.3) is 0 Å². The van der Waals surface area contributed by atoms with Gasteiger partial charge in [-0.25, -0.2) is 14.4 Å². The molecule has 0 spiro atoms. The lowest BCUT2D eigenvalue weighted by molar-refractivity contribution is 0.102. The van der Waals surface area contributed by atoms with Gasteiger partial charge in [0.2, 0.25) is 11.6 Å². The number of hydrogen-bond acceptors (Lipinski definition) is 3. The van der Waals surface area contributed by atoms with Crippen molar-refractivity contribution < 1.29 is 9.18 Å². The zero-order valence-corrected chi connectivity index (χ0v) is 8.64. The molecule has 0 saturated carbocycles. The van der Waals surface area contributed by atoms with E-state index in [-0.39, 0.29) is 17.2 Å². The molecule has 16 heavy (non-hydrogen) atoms. The van der Waals surface area contributed by atoms with Gasteiger partial charge in [0.1, 0.15) is 5.82 Å². The van der Waals surface area contributed by atoms with E-state index in [1.54, 1.807) is 25.1 Å². The van der Waals surface area contributed by atoms with Gasteiger partial charge in [-0.2, -0.15) is 0 Å². The van der Waals surface area contributed by atoms with E-state index in [0.717, 1.165) is 0 Å². The average Bonchev–Trinajstić information content (AvgIpc) is 2.33. The minimum absolute atomic E-state index is 0.0748. The van der Waals surface area contributed by atoms with Gasteiger partial charge in [0.25, 0.3) is 0 Å². The van der Waals surface area contributed by atoms with Crippen LogP contribution in [0.1, 0.15) is 21.7 Å². The van der Waals surface area contributed by atoms with Crippen molar-refractivity contribution in [2.75, 3.05) is 0 Å². The Hall–Kier alpha value is -2.10. The van der Waals surface area contributed by atoms with Crippen molar-refractivity contribution >= 4 is 5.78 Å². The first-order chi connectivity index (χ1) is 7.68. The highest BCUT2D eigenvalue weighted by molar-refractivity contribution is 6.06. The van der Waals surface area contributed by atoms with Crippen molar-refractivity contribution in [2.45, 2.75) is 6.92 Å². The summed E-state index contributed by atoms with van der Waals surface area (Å²) in [6, 6.07) is 5.95. The second-order valence-corrected chi connectivity index (χ2v) is 3.37. The summed E-state index contributed by atoms with van der Waals surface area (Å²) in [6.45, 7) is 1.64. The van der Waals surface area contributed by atoms with Crippen LogP contribution in [0.3, 0.4) is 0 Å². The topological polar surface area (TPSA) is 42.9 Å². The normalized spacial score (nSPS) is 10.1. The summed E-state index contributed by atoms with van der Waals surface area (Å²) in [5, 5.41) is 0. The number of aromatic nitrogens is 2. The predicted molar refractivity (Wildman–Crippen MR) is 56.6 cm³/mol. The molecule has 0 saturated heterocycles. The highest BCUT2D eigenvalue weighted by Crippen LogP contribution is 2.11. The number of ketones is 1. The highest BCUT2D eigenvalue weighted by atomic mass is 19.1. The summed E-state index contributed by atoms with van der Waals surface area (Å²) in [6.07, 6.45) is 2.95. The lowest BCUT2D eigenvalue weighted by Gasteiger charge is -2.01. The minimum Gasteiger partial charge on any atom is -0.285 e. The second kappa shape index (κ2) is 4.18. The monoisotopic (exact) mass is 216 g/mol.